The molecule has 3 saturated heterocycles. The Hall–Kier alpha value is -0.690. The van der Waals surface area contributed by atoms with Crippen molar-refractivity contribution < 1.29 is 9.53 Å². The lowest BCUT2D eigenvalue weighted by atomic mass is 9.82. The van der Waals surface area contributed by atoms with Gasteiger partial charge in [0, 0.05) is 45.4 Å². The highest BCUT2D eigenvalue weighted by atomic mass is 16.5. The predicted molar refractivity (Wildman–Crippen MR) is 76.3 cm³/mol. The van der Waals surface area contributed by atoms with Gasteiger partial charge < -0.3 is 20.7 Å². The second kappa shape index (κ2) is 5.60. The van der Waals surface area contributed by atoms with E-state index in [0.717, 1.165) is 52.2 Å². The summed E-state index contributed by atoms with van der Waals surface area (Å²) in [5.74, 6) is 0.738. The smallest absolute Gasteiger partial charge is 0.234 e. The molecule has 0 saturated carbocycles. The molecule has 3 unspecified atom stereocenters. The summed E-state index contributed by atoms with van der Waals surface area (Å²) in [6, 6.07) is 0.111. The van der Waals surface area contributed by atoms with Gasteiger partial charge in [-0.2, -0.15) is 0 Å². The van der Waals surface area contributed by atoms with Gasteiger partial charge in [-0.3, -0.25) is 9.69 Å². The van der Waals surface area contributed by atoms with Crippen LogP contribution in [0.2, 0.25) is 0 Å². The van der Waals surface area contributed by atoms with Crippen LogP contribution in [0.5, 0.6) is 0 Å². The molecule has 3 aliphatic rings. The Labute approximate surface area is 120 Å². The van der Waals surface area contributed by atoms with Crippen LogP contribution in [0.1, 0.15) is 12.8 Å². The molecule has 3 heterocycles. The van der Waals surface area contributed by atoms with E-state index in [2.05, 4.69) is 22.2 Å². The first kappa shape index (κ1) is 14.3. The molecule has 3 N–H and O–H groups in total. The van der Waals surface area contributed by atoms with Gasteiger partial charge in [-0.25, -0.2) is 0 Å². The zero-order chi connectivity index (χ0) is 14.2. The third-order valence-corrected chi connectivity index (χ3v) is 4.91. The summed E-state index contributed by atoms with van der Waals surface area (Å²) >= 11 is 0. The van der Waals surface area contributed by atoms with Crippen molar-refractivity contribution in [3.8, 4) is 0 Å². The Morgan fingerprint density at radius 1 is 1.55 bits per heavy atom. The quantitative estimate of drug-likeness (QED) is 0.670. The molecule has 6 heteroatoms. The Bertz CT molecular complexity index is 378. The molecule has 0 aromatic carbocycles. The van der Waals surface area contributed by atoms with Crippen LogP contribution in [0.25, 0.3) is 0 Å². The number of likely N-dealkylation sites (tertiary alicyclic amines) is 1. The van der Waals surface area contributed by atoms with Crippen LogP contribution in [0.3, 0.4) is 0 Å². The van der Waals surface area contributed by atoms with E-state index in [-0.39, 0.29) is 17.6 Å². The number of nitrogens with zero attached hydrogens (tertiary/aromatic N) is 2. The van der Waals surface area contributed by atoms with Crippen molar-refractivity contribution in [1.29, 1.82) is 0 Å². The molecular weight excluding hydrogens is 256 g/mol. The van der Waals surface area contributed by atoms with Gasteiger partial charge in [0.15, 0.2) is 0 Å². The Morgan fingerprint density at radius 2 is 2.40 bits per heavy atom. The molecule has 0 bridgehead atoms. The molecule has 20 heavy (non-hydrogen) atoms. The van der Waals surface area contributed by atoms with Gasteiger partial charge in [-0.15, -0.1) is 0 Å². The Balaban J connectivity index is 1.59. The average molecular weight is 282 g/mol. The lowest BCUT2D eigenvalue weighted by Gasteiger charge is -2.42. The number of carbonyl (C=O) groups excluding carboxylic acids is 1. The van der Waals surface area contributed by atoms with Gasteiger partial charge in [0.05, 0.1) is 12.1 Å². The fourth-order valence-corrected chi connectivity index (χ4v) is 3.96. The molecule has 1 amide bonds. The number of likely N-dealkylation sites (N-methyl/N-ethyl adjacent to an activating group) is 1. The number of amides is 1. The third kappa shape index (κ3) is 2.83. The maximum Gasteiger partial charge on any atom is 0.234 e. The van der Waals surface area contributed by atoms with E-state index >= 15 is 0 Å². The lowest BCUT2D eigenvalue weighted by Crippen LogP contribution is -2.55. The van der Waals surface area contributed by atoms with E-state index in [1.807, 2.05) is 0 Å². The van der Waals surface area contributed by atoms with Crippen LogP contribution in [-0.4, -0.2) is 80.3 Å². The molecule has 3 aliphatic heterocycles. The van der Waals surface area contributed by atoms with E-state index in [0.29, 0.717) is 12.5 Å². The van der Waals surface area contributed by atoms with Gasteiger partial charge in [0.1, 0.15) is 0 Å². The maximum atomic E-state index is 11.5. The zero-order valence-corrected chi connectivity index (χ0v) is 12.3. The molecule has 0 aromatic rings. The fourth-order valence-electron chi connectivity index (χ4n) is 3.96. The van der Waals surface area contributed by atoms with Gasteiger partial charge >= 0.3 is 0 Å². The lowest BCUT2D eigenvalue weighted by molar-refractivity contribution is -0.125. The summed E-state index contributed by atoms with van der Waals surface area (Å²) in [7, 11) is 2.11. The number of rotatable bonds is 2. The van der Waals surface area contributed by atoms with E-state index in [9.17, 15) is 4.79 Å². The minimum Gasteiger partial charge on any atom is -0.372 e. The first-order valence-electron chi connectivity index (χ1n) is 7.64. The summed E-state index contributed by atoms with van der Waals surface area (Å²) in [5, 5.41) is 2.88. The molecule has 6 nitrogen and oxygen atoms in total. The van der Waals surface area contributed by atoms with Gasteiger partial charge in [0.2, 0.25) is 5.91 Å². The van der Waals surface area contributed by atoms with Crippen LogP contribution >= 0.6 is 0 Å². The molecule has 114 valence electrons. The van der Waals surface area contributed by atoms with E-state index in [4.69, 9.17) is 10.5 Å². The van der Waals surface area contributed by atoms with Gasteiger partial charge in [-0.1, -0.05) is 0 Å². The van der Waals surface area contributed by atoms with Crippen molar-refractivity contribution in [2.45, 2.75) is 24.5 Å². The van der Waals surface area contributed by atoms with Gasteiger partial charge in [0.25, 0.3) is 0 Å². The molecule has 3 rings (SSSR count). The van der Waals surface area contributed by atoms with E-state index in [1.54, 1.807) is 0 Å². The highest BCUT2D eigenvalue weighted by Crippen LogP contribution is 2.36. The monoisotopic (exact) mass is 282 g/mol. The second-order valence-electron chi connectivity index (χ2n) is 6.66. The number of carbonyl (C=O) groups is 1. The van der Waals surface area contributed by atoms with Crippen LogP contribution in [0, 0.1) is 5.92 Å². The van der Waals surface area contributed by atoms with Crippen molar-refractivity contribution in [2.24, 2.45) is 11.7 Å². The standard InChI is InChI=1S/C14H26N4O2/c1-17-8-12(15)14(10-17)6-11(2-5-20-14)7-18-4-3-16-13(19)9-18/h11-12H,2-10,15H2,1H3,(H,16,19). The predicted octanol–water partition coefficient (Wildman–Crippen LogP) is -1.14. The number of nitrogens with two attached hydrogens (primary N) is 1. The van der Waals surface area contributed by atoms with Crippen LogP contribution in [0.4, 0.5) is 0 Å². The third-order valence-electron chi connectivity index (χ3n) is 4.91. The molecule has 0 radical (unpaired) electrons. The number of piperazine rings is 1. The normalized spacial score (nSPS) is 40.2. The molecule has 1 spiro atoms. The van der Waals surface area contributed by atoms with Crippen molar-refractivity contribution >= 4 is 5.91 Å². The summed E-state index contributed by atoms with van der Waals surface area (Å²) < 4.78 is 6.09. The highest BCUT2D eigenvalue weighted by molar-refractivity contribution is 5.78. The second-order valence-corrected chi connectivity index (χ2v) is 6.66. The Kier molecular flexibility index (Phi) is 3.99. The molecule has 3 fully saturated rings. The van der Waals surface area contributed by atoms with Crippen molar-refractivity contribution in [3.63, 3.8) is 0 Å². The molecule has 3 atom stereocenters. The van der Waals surface area contributed by atoms with Gasteiger partial charge in [-0.05, 0) is 25.8 Å². The van der Waals surface area contributed by atoms with Crippen molar-refractivity contribution in [2.75, 3.05) is 52.9 Å². The fraction of sp³-hybridized carbons (Fsp3) is 0.929. The molecule has 0 aliphatic carbocycles. The van der Waals surface area contributed by atoms with Crippen LogP contribution in [0.15, 0.2) is 0 Å². The number of ether oxygens (including phenoxy) is 1. The van der Waals surface area contributed by atoms with E-state index in [1.165, 1.54) is 0 Å². The van der Waals surface area contributed by atoms with E-state index < -0.39 is 0 Å². The summed E-state index contributed by atoms with van der Waals surface area (Å²) in [6.07, 6.45) is 2.10. The maximum absolute atomic E-state index is 11.5. The summed E-state index contributed by atoms with van der Waals surface area (Å²) in [4.78, 5) is 16.0. The minimum absolute atomic E-state index is 0.111. The number of hydrogen-bond acceptors (Lipinski definition) is 5. The largest absolute Gasteiger partial charge is 0.372 e. The first-order chi connectivity index (χ1) is 9.57. The van der Waals surface area contributed by atoms with Crippen molar-refractivity contribution in [1.82, 2.24) is 15.1 Å². The summed E-state index contributed by atoms with van der Waals surface area (Å²) in [5.41, 5.74) is 6.15. The molecular formula is C14H26N4O2. The zero-order valence-electron chi connectivity index (χ0n) is 12.3. The first-order valence-corrected chi connectivity index (χ1v) is 7.64. The van der Waals surface area contributed by atoms with Crippen molar-refractivity contribution in [3.05, 3.63) is 0 Å². The molecule has 0 aromatic heterocycles. The topological polar surface area (TPSA) is 70.8 Å². The number of nitrogens with one attached hydrogen (secondary N) is 1. The average Bonchev–Trinajstić information content (AvgIpc) is 2.64. The summed E-state index contributed by atoms with van der Waals surface area (Å²) in [6.45, 7) is 5.92. The minimum atomic E-state index is -0.157. The number of hydrogen-bond donors (Lipinski definition) is 2. The van der Waals surface area contributed by atoms with Crippen LogP contribution < -0.4 is 11.1 Å². The Morgan fingerprint density at radius 3 is 3.10 bits per heavy atom. The SMILES string of the molecule is CN1CC(N)C2(CC(CN3CCNC(=O)C3)CCO2)C1. The van der Waals surface area contributed by atoms with Crippen LogP contribution in [-0.2, 0) is 9.53 Å². The highest BCUT2D eigenvalue weighted by Gasteiger charge is 2.48.